The minimum absolute atomic E-state index is 0.251. The Balaban J connectivity index is 1.86. The lowest BCUT2D eigenvalue weighted by Crippen LogP contribution is -2.13. The molecular formula is C16H21ClO2S. The molecule has 0 spiro atoms. The Morgan fingerprint density at radius 1 is 1.35 bits per heavy atom. The summed E-state index contributed by atoms with van der Waals surface area (Å²) in [6, 6.07) is 5.42. The van der Waals surface area contributed by atoms with Crippen LogP contribution in [-0.2, 0) is 11.2 Å². The van der Waals surface area contributed by atoms with Gasteiger partial charge in [0, 0.05) is 22.3 Å². The van der Waals surface area contributed by atoms with Gasteiger partial charge in [0.05, 0.1) is 12.9 Å². The molecule has 0 aliphatic heterocycles. The van der Waals surface area contributed by atoms with Gasteiger partial charge in [0.1, 0.15) is 11.5 Å². The van der Waals surface area contributed by atoms with Crippen LogP contribution in [0.2, 0.25) is 5.02 Å². The highest BCUT2D eigenvalue weighted by atomic mass is 35.5. The lowest BCUT2D eigenvalue weighted by Gasteiger charge is -2.20. The number of methoxy groups -OCH3 is 1. The monoisotopic (exact) mass is 312 g/mol. The van der Waals surface area contributed by atoms with Crippen LogP contribution >= 0.6 is 23.4 Å². The zero-order valence-electron chi connectivity index (χ0n) is 11.9. The molecule has 110 valence electrons. The number of hydrogen-bond acceptors (Lipinski definition) is 3. The fraction of sp³-hybridized carbons (Fsp3) is 0.562. The fourth-order valence-electron chi connectivity index (χ4n) is 2.59. The van der Waals surface area contributed by atoms with Gasteiger partial charge < -0.3 is 4.74 Å². The number of Topliss-reactive ketones (excluding diaryl/α,β-unsaturated/α-hetero) is 1. The van der Waals surface area contributed by atoms with Gasteiger partial charge in [0.2, 0.25) is 0 Å². The Bertz CT molecular complexity index is 456. The highest BCUT2D eigenvalue weighted by Crippen LogP contribution is 2.29. The lowest BCUT2D eigenvalue weighted by atomic mass is 10.0. The van der Waals surface area contributed by atoms with E-state index < -0.39 is 0 Å². The van der Waals surface area contributed by atoms with Crippen LogP contribution in [0.4, 0.5) is 0 Å². The molecule has 1 fully saturated rings. The van der Waals surface area contributed by atoms with Crippen LogP contribution in [0.15, 0.2) is 18.2 Å². The highest BCUT2D eigenvalue weighted by molar-refractivity contribution is 8.00. The number of halogens is 1. The number of carbonyl (C=O) groups is 1. The minimum atomic E-state index is 0.251. The summed E-state index contributed by atoms with van der Waals surface area (Å²) in [4.78, 5) is 12.1. The Morgan fingerprint density at radius 2 is 2.10 bits per heavy atom. The van der Waals surface area contributed by atoms with Gasteiger partial charge in [-0.1, -0.05) is 30.9 Å². The first-order valence-corrected chi connectivity index (χ1v) is 8.57. The summed E-state index contributed by atoms with van der Waals surface area (Å²) in [6.07, 6.45) is 6.91. The maximum atomic E-state index is 12.1. The molecule has 0 radical (unpaired) electrons. The van der Waals surface area contributed by atoms with Crippen molar-refractivity contribution in [1.29, 1.82) is 0 Å². The molecule has 1 aromatic carbocycles. The first-order valence-electron chi connectivity index (χ1n) is 7.15. The molecule has 2 nitrogen and oxygen atoms in total. The van der Waals surface area contributed by atoms with Crippen molar-refractivity contribution in [3.63, 3.8) is 0 Å². The predicted molar refractivity (Wildman–Crippen MR) is 86.0 cm³/mol. The summed E-state index contributed by atoms with van der Waals surface area (Å²) in [5.74, 6) is 1.59. The lowest BCUT2D eigenvalue weighted by molar-refractivity contribution is -0.116. The van der Waals surface area contributed by atoms with Crippen LogP contribution in [0.1, 0.15) is 37.7 Å². The van der Waals surface area contributed by atoms with Gasteiger partial charge in [0.15, 0.2) is 0 Å². The number of rotatable bonds is 6. The number of hydrogen-bond donors (Lipinski definition) is 0. The van der Waals surface area contributed by atoms with Gasteiger partial charge in [-0.05, 0) is 31.0 Å². The van der Waals surface area contributed by atoms with E-state index in [9.17, 15) is 4.79 Å². The fourth-order valence-corrected chi connectivity index (χ4v) is 3.98. The SMILES string of the molecule is COc1ccc(Cl)cc1CC(=O)CSC1CCCCC1. The minimum Gasteiger partial charge on any atom is -0.496 e. The van der Waals surface area contributed by atoms with Crippen LogP contribution in [0, 0.1) is 0 Å². The van der Waals surface area contributed by atoms with Crippen molar-refractivity contribution >= 4 is 29.1 Å². The van der Waals surface area contributed by atoms with E-state index >= 15 is 0 Å². The van der Waals surface area contributed by atoms with E-state index in [0.717, 1.165) is 11.3 Å². The molecule has 0 saturated heterocycles. The molecule has 0 heterocycles. The van der Waals surface area contributed by atoms with E-state index in [-0.39, 0.29) is 5.78 Å². The van der Waals surface area contributed by atoms with Crippen molar-refractivity contribution in [2.24, 2.45) is 0 Å². The van der Waals surface area contributed by atoms with Crippen LogP contribution in [0.5, 0.6) is 5.75 Å². The van der Waals surface area contributed by atoms with Gasteiger partial charge in [-0.3, -0.25) is 4.79 Å². The van der Waals surface area contributed by atoms with Gasteiger partial charge in [-0.2, -0.15) is 11.8 Å². The largest absolute Gasteiger partial charge is 0.496 e. The van der Waals surface area contributed by atoms with E-state index in [1.807, 2.05) is 23.9 Å². The van der Waals surface area contributed by atoms with Gasteiger partial charge in [-0.25, -0.2) is 0 Å². The first kappa shape index (κ1) is 15.7. The molecule has 0 unspecified atom stereocenters. The van der Waals surface area contributed by atoms with Gasteiger partial charge in [0.25, 0.3) is 0 Å². The Labute approximate surface area is 130 Å². The van der Waals surface area contributed by atoms with Crippen LogP contribution in [0.25, 0.3) is 0 Å². The van der Waals surface area contributed by atoms with Crippen molar-refractivity contribution < 1.29 is 9.53 Å². The van der Waals surface area contributed by atoms with Crippen molar-refractivity contribution in [2.75, 3.05) is 12.9 Å². The van der Waals surface area contributed by atoms with Crippen molar-refractivity contribution in [1.82, 2.24) is 0 Å². The Kier molecular flexibility index (Phi) is 6.24. The molecule has 1 aliphatic carbocycles. The standard InChI is InChI=1S/C16H21ClO2S/c1-19-16-8-7-13(17)9-12(16)10-14(18)11-20-15-5-3-2-4-6-15/h7-9,15H,2-6,10-11H2,1H3. The van der Waals surface area contributed by atoms with E-state index in [1.165, 1.54) is 32.1 Å². The summed E-state index contributed by atoms with van der Waals surface area (Å²) < 4.78 is 5.28. The third-order valence-electron chi connectivity index (χ3n) is 3.66. The molecular weight excluding hydrogens is 292 g/mol. The zero-order valence-corrected chi connectivity index (χ0v) is 13.4. The molecule has 20 heavy (non-hydrogen) atoms. The number of benzene rings is 1. The second-order valence-corrected chi connectivity index (χ2v) is 6.97. The van der Waals surface area contributed by atoms with Crippen LogP contribution in [-0.4, -0.2) is 23.9 Å². The maximum absolute atomic E-state index is 12.1. The number of ether oxygens (including phenoxy) is 1. The predicted octanol–water partition coefficient (Wildman–Crippen LogP) is 4.53. The highest BCUT2D eigenvalue weighted by Gasteiger charge is 2.16. The van der Waals surface area contributed by atoms with Gasteiger partial charge >= 0.3 is 0 Å². The van der Waals surface area contributed by atoms with E-state index in [2.05, 4.69) is 0 Å². The number of ketones is 1. The molecule has 2 rings (SSSR count). The van der Waals surface area contributed by atoms with Crippen molar-refractivity contribution in [3.05, 3.63) is 28.8 Å². The molecule has 0 atom stereocenters. The number of thioether (sulfide) groups is 1. The average Bonchev–Trinajstić information content (AvgIpc) is 2.46. The summed E-state index contributed by atoms with van der Waals surface area (Å²) in [5.41, 5.74) is 0.884. The Morgan fingerprint density at radius 3 is 2.80 bits per heavy atom. The summed E-state index contributed by atoms with van der Waals surface area (Å²) in [5, 5.41) is 1.32. The van der Waals surface area contributed by atoms with Gasteiger partial charge in [-0.15, -0.1) is 0 Å². The second-order valence-electron chi connectivity index (χ2n) is 5.24. The average molecular weight is 313 g/mol. The third kappa shape index (κ3) is 4.71. The summed E-state index contributed by atoms with van der Waals surface area (Å²) in [7, 11) is 1.62. The van der Waals surface area contributed by atoms with E-state index in [1.54, 1.807) is 13.2 Å². The molecule has 0 N–H and O–H groups in total. The molecule has 0 amide bonds. The molecule has 0 aromatic heterocycles. The van der Waals surface area contributed by atoms with Crippen LogP contribution in [0.3, 0.4) is 0 Å². The van der Waals surface area contributed by atoms with E-state index in [0.29, 0.717) is 22.4 Å². The molecule has 0 bridgehead atoms. The topological polar surface area (TPSA) is 26.3 Å². The summed E-state index contributed by atoms with van der Waals surface area (Å²) >= 11 is 7.80. The van der Waals surface area contributed by atoms with Crippen molar-refractivity contribution in [2.45, 2.75) is 43.8 Å². The molecule has 1 aromatic rings. The van der Waals surface area contributed by atoms with Crippen molar-refractivity contribution in [3.8, 4) is 5.75 Å². The second kappa shape index (κ2) is 7.94. The normalized spacial score (nSPS) is 16.1. The zero-order chi connectivity index (χ0) is 14.4. The number of carbonyl (C=O) groups excluding carboxylic acids is 1. The third-order valence-corrected chi connectivity index (χ3v) is 5.33. The molecule has 1 aliphatic rings. The molecule has 4 heteroatoms. The molecule has 1 saturated carbocycles. The first-order chi connectivity index (χ1) is 9.69. The smallest absolute Gasteiger partial charge is 0.147 e. The van der Waals surface area contributed by atoms with E-state index in [4.69, 9.17) is 16.3 Å². The Hall–Kier alpha value is -0.670. The summed E-state index contributed by atoms with van der Waals surface area (Å²) in [6.45, 7) is 0. The maximum Gasteiger partial charge on any atom is 0.147 e. The van der Waals surface area contributed by atoms with Crippen LogP contribution < -0.4 is 4.74 Å². The quantitative estimate of drug-likeness (QED) is 0.772.